The maximum absolute atomic E-state index is 12.0. The molecule has 0 aromatic heterocycles. The van der Waals surface area contributed by atoms with Crippen LogP contribution in [0.25, 0.3) is 0 Å². The zero-order valence-corrected chi connectivity index (χ0v) is 14.4. The minimum atomic E-state index is -5.11. The van der Waals surface area contributed by atoms with Crippen LogP contribution in [0.5, 0.6) is 0 Å². The molecule has 2 saturated heterocycles. The molecule has 10 unspecified atom stereocenters. The molecule has 0 aromatic carbocycles. The summed E-state index contributed by atoms with van der Waals surface area (Å²) in [4.78, 5) is 0. The van der Waals surface area contributed by atoms with Crippen LogP contribution >= 0.6 is 0 Å². The lowest BCUT2D eigenvalue weighted by atomic mass is 9.99. The summed E-state index contributed by atoms with van der Waals surface area (Å²) in [6, 6.07) is 0. The van der Waals surface area contributed by atoms with Crippen LogP contribution in [0, 0.1) is 0 Å². The van der Waals surface area contributed by atoms with Gasteiger partial charge in [0.1, 0.15) is 48.8 Å². The van der Waals surface area contributed by atoms with Gasteiger partial charge >= 0.3 is 10.4 Å². The maximum Gasteiger partial charge on any atom is 0.405 e. The second-order valence-corrected chi connectivity index (χ2v) is 7.20. The van der Waals surface area contributed by atoms with E-state index in [0.29, 0.717) is 0 Å². The van der Waals surface area contributed by atoms with Crippen molar-refractivity contribution in [2.75, 3.05) is 13.2 Å². The van der Waals surface area contributed by atoms with Crippen molar-refractivity contribution in [3.05, 3.63) is 0 Å². The zero-order chi connectivity index (χ0) is 20.5. The van der Waals surface area contributed by atoms with Gasteiger partial charge in [-0.1, -0.05) is 0 Å². The lowest BCUT2D eigenvalue weighted by molar-refractivity contribution is -0.290. The van der Waals surface area contributed by atoms with Crippen molar-refractivity contribution in [2.24, 2.45) is 0 Å². The predicted molar refractivity (Wildman–Crippen MR) is 78.6 cm³/mol. The first-order valence-electron chi connectivity index (χ1n) is 7.75. The van der Waals surface area contributed by atoms with Gasteiger partial charge in [-0.25, -0.2) is 8.37 Å². The monoisotopic (exact) mass is 422 g/mol. The zero-order valence-electron chi connectivity index (χ0n) is 13.6. The van der Waals surface area contributed by atoms with Gasteiger partial charge in [0.15, 0.2) is 0 Å². The molecule has 0 radical (unpaired) electrons. The predicted octanol–water partition coefficient (Wildman–Crippen LogP) is -6.14. The molecule has 2 heterocycles. The molecule has 10 atom stereocenters. The molecular formula is C12H22O14S. The minimum absolute atomic E-state index is 0.835. The van der Waals surface area contributed by atoms with Gasteiger partial charge in [-0.05, 0) is 0 Å². The van der Waals surface area contributed by atoms with E-state index in [1.165, 1.54) is 0 Å². The van der Waals surface area contributed by atoms with Crippen LogP contribution in [-0.2, 0) is 28.2 Å². The van der Waals surface area contributed by atoms with Gasteiger partial charge in [-0.15, -0.1) is 0 Å². The summed E-state index contributed by atoms with van der Waals surface area (Å²) in [5.74, 6) is 0. The van der Waals surface area contributed by atoms with Crippen molar-refractivity contribution in [2.45, 2.75) is 61.4 Å². The highest BCUT2D eigenvalue weighted by atomic mass is 32.3. The molecule has 2 aliphatic heterocycles. The van der Waals surface area contributed by atoms with Gasteiger partial charge in [0, 0.05) is 0 Å². The Morgan fingerprint density at radius 1 is 0.630 bits per heavy atom. The highest BCUT2D eigenvalue weighted by Gasteiger charge is 2.49. The fourth-order valence-electron chi connectivity index (χ4n) is 2.55. The van der Waals surface area contributed by atoms with E-state index in [-0.39, 0.29) is 0 Å². The number of hydrogen-bond donors (Lipinski definition) is 8. The van der Waals surface area contributed by atoms with Gasteiger partial charge in [0.05, 0.1) is 13.2 Å². The van der Waals surface area contributed by atoms with Crippen molar-refractivity contribution < 1.29 is 67.1 Å². The summed E-state index contributed by atoms with van der Waals surface area (Å²) < 4.78 is 42.5. The molecule has 0 bridgehead atoms. The molecule has 0 amide bonds. The summed E-state index contributed by atoms with van der Waals surface area (Å²) in [5.41, 5.74) is 0. The Balaban J connectivity index is 2.07. The molecule has 2 aliphatic rings. The van der Waals surface area contributed by atoms with Crippen molar-refractivity contribution >= 4 is 10.4 Å². The molecular weight excluding hydrogens is 400 g/mol. The molecule has 0 spiro atoms. The Morgan fingerprint density at radius 2 is 0.963 bits per heavy atom. The summed E-state index contributed by atoms with van der Waals surface area (Å²) in [6.07, 6.45) is -18.5. The number of ether oxygens (including phenoxy) is 2. The first kappa shape index (κ1) is 22.8. The molecule has 160 valence electrons. The normalized spacial score (nSPS) is 46.4. The average Bonchev–Trinajstić information content (AvgIpc) is 2.62. The molecule has 2 fully saturated rings. The third-order valence-electron chi connectivity index (χ3n) is 4.12. The number of hydrogen-bond acceptors (Lipinski definition) is 14. The molecule has 0 aromatic rings. The van der Waals surface area contributed by atoms with Gasteiger partial charge in [-0.3, -0.25) is 0 Å². The molecule has 0 aliphatic carbocycles. The Kier molecular flexibility index (Phi) is 7.47. The molecule has 14 nitrogen and oxygen atoms in total. The second-order valence-electron chi connectivity index (χ2n) is 6.00. The summed E-state index contributed by atoms with van der Waals surface area (Å²) in [5, 5.41) is 76.0. The molecule has 0 saturated carbocycles. The van der Waals surface area contributed by atoms with E-state index in [4.69, 9.17) is 19.7 Å². The van der Waals surface area contributed by atoms with E-state index in [1.807, 2.05) is 0 Å². The number of rotatable bonds is 6. The van der Waals surface area contributed by atoms with Crippen LogP contribution in [0.3, 0.4) is 0 Å². The van der Waals surface area contributed by atoms with Crippen LogP contribution in [0.2, 0.25) is 0 Å². The Hall–Kier alpha value is -0.530. The third-order valence-corrected chi connectivity index (χ3v) is 4.97. The Morgan fingerprint density at radius 3 is 1.26 bits per heavy atom. The SMILES string of the molecule is O=S(=O)(OC1OC(CO)C(O)C(O)C1O)OC1OC(CO)C(O)C(O)C1O. The highest BCUT2D eigenvalue weighted by Crippen LogP contribution is 2.27. The summed E-state index contributed by atoms with van der Waals surface area (Å²) in [6.45, 7) is -1.67. The fourth-order valence-corrected chi connectivity index (χ4v) is 3.38. The van der Waals surface area contributed by atoms with Crippen molar-refractivity contribution in [1.29, 1.82) is 0 Å². The molecule has 8 N–H and O–H groups in total. The van der Waals surface area contributed by atoms with Crippen molar-refractivity contribution in [1.82, 2.24) is 0 Å². The highest BCUT2D eigenvalue weighted by molar-refractivity contribution is 7.81. The first-order chi connectivity index (χ1) is 12.5. The molecule has 2 rings (SSSR count). The van der Waals surface area contributed by atoms with Crippen molar-refractivity contribution in [3.8, 4) is 0 Å². The fraction of sp³-hybridized carbons (Fsp3) is 1.00. The van der Waals surface area contributed by atoms with Gasteiger partial charge < -0.3 is 50.3 Å². The smallest absolute Gasteiger partial charge is 0.394 e. The van der Waals surface area contributed by atoms with Crippen LogP contribution in [-0.4, -0.2) is 124 Å². The Bertz CT molecular complexity index is 537. The lowest BCUT2D eigenvalue weighted by Gasteiger charge is -2.40. The van der Waals surface area contributed by atoms with Crippen LogP contribution < -0.4 is 0 Å². The summed E-state index contributed by atoms with van der Waals surface area (Å²) in [7, 11) is -5.11. The van der Waals surface area contributed by atoms with E-state index in [0.717, 1.165) is 0 Å². The van der Waals surface area contributed by atoms with Crippen LogP contribution in [0.1, 0.15) is 0 Å². The maximum atomic E-state index is 12.0. The number of aliphatic hydroxyl groups excluding tert-OH is 8. The average molecular weight is 422 g/mol. The largest absolute Gasteiger partial charge is 0.405 e. The van der Waals surface area contributed by atoms with E-state index in [2.05, 4.69) is 8.37 Å². The number of aliphatic hydroxyl groups is 8. The van der Waals surface area contributed by atoms with Crippen molar-refractivity contribution in [3.63, 3.8) is 0 Å². The quantitative estimate of drug-likeness (QED) is 0.199. The molecule has 27 heavy (non-hydrogen) atoms. The second kappa shape index (κ2) is 8.87. The van der Waals surface area contributed by atoms with Crippen LogP contribution in [0.15, 0.2) is 0 Å². The van der Waals surface area contributed by atoms with E-state index >= 15 is 0 Å². The van der Waals surface area contributed by atoms with Gasteiger partial charge in [0.25, 0.3) is 0 Å². The van der Waals surface area contributed by atoms with E-state index in [9.17, 15) is 39.1 Å². The van der Waals surface area contributed by atoms with Gasteiger partial charge in [-0.2, -0.15) is 8.42 Å². The first-order valence-corrected chi connectivity index (χ1v) is 9.08. The van der Waals surface area contributed by atoms with Gasteiger partial charge in [0.2, 0.25) is 12.6 Å². The minimum Gasteiger partial charge on any atom is -0.394 e. The van der Waals surface area contributed by atoms with E-state index < -0.39 is 85.0 Å². The third kappa shape index (κ3) is 4.91. The lowest BCUT2D eigenvalue weighted by Crippen LogP contribution is -2.61. The standard InChI is InChI=1S/C12H22O14S/c13-1-3-5(15)7(17)9(19)11(23-3)25-27(21,22)26-12-10(20)8(18)6(16)4(2-14)24-12/h3-20H,1-2H2. The molecule has 15 heteroatoms. The van der Waals surface area contributed by atoms with Crippen LogP contribution in [0.4, 0.5) is 0 Å². The summed E-state index contributed by atoms with van der Waals surface area (Å²) >= 11 is 0. The van der Waals surface area contributed by atoms with E-state index in [1.54, 1.807) is 0 Å². The topological polar surface area (TPSA) is 233 Å². The Labute approximate surface area is 153 Å².